The molecule has 18 heavy (non-hydrogen) atoms. The first-order chi connectivity index (χ1) is 8.74. The van der Waals surface area contributed by atoms with Crippen molar-refractivity contribution in [1.82, 2.24) is 0 Å². The average Bonchev–Trinajstić information content (AvgIpc) is 2.38. The molecule has 1 aliphatic rings. The molecular formula is C15H17N3. The molecule has 1 aliphatic carbocycles. The first-order valence-corrected chi connectivity index (χ1v) is 6.24. The maximum atomic E-state index is 6.17. The monoisotopic (exact) mass is 239 g/mol. The van der Waals surface area contributed by atoms with Crippen LogP contribution < -0.4 is 17.2 Å². The van der Waals surface area contributed by atoms with Crippen LogP contribution in [0.3, 0.4) is 0 Å². The highest BCUT2D eigenvalue weighted by atomic mass is 14.7. The second-order valence-electron chi connectivity index (χ2n) is 4.72. The molecule has 6 N–H and O–H groups in total. The third-order valence-corrected chi connectivity index (χ3v) is 3.63. The number of benzene rings is 2. The molecule has 0 aliphatic heterocycles. The summed E-state index contributed by atoms with van der Waals surface area (Å²) in [6, 6.07) is 10.5. The van der Waals surface area contributed by atoms with Crippen LogP contribution in [0.2, 0.25) is 0 Å². The number of rotatable bonds is 3. The summed E-state index contributed by atoms with van der Waals surface area (Å²) in [4.78, 5) is 0. The van der Waals surface area contributed by atoms with Crippen molar-refractivity contribution in [2.24, 2.45) is 5.73 Å². The van der Waals surface area contributed by atoms with Gasteiger partial charge in [-0.15, -0.1) is 0 Å². The Morgan fingerprint density at radius 1 is 0.889 bits per heavy atom. The van der Waals surface area contributed by atoms with E-state index in [2.05, 4.69) is 18.2 Å². The largest absolute Gasteiger partial charge is 0.397 e. The van der Waals surface area contributed by atoms with Crippen molar-refractivity contribution in [3.8, 4) is 22.3 Å². The molecule has 0 aromatic heterocycles. The molecular weight excluding hydrogens is 222 g/mol. The van der Waals surface area contributed by atoms with Gasteiger partial charge in [0.1, 0.15) is 0 Å². The zero-order valence-corrected chi connectivity index (χ0v) is 10.2. The van der Waals surface area contributed by atoms with E-state index in [-0.39, 0.29) is 0 Å². The highest BCUT2D eigenvalue weighted by Gasteiger charge is 2.26. The van der Waals surface area contributed by atoms with Gasteiger partial charge >= 0.3 is 0 Å². The lowest BCUT2D eigenvalue weighted by Gasteiger charge is -2.27. The first kappa shape index (κ1) is 11.1. The summed E-state index contributed by atoms with van der Waals surface area (Å²) < 4.78 is 0. The van der Waals surface area contributed by atoms with Gasteiger partial charge in [-0.25, -0.2) is 0 Å². The Morgan fingerprint density at radius 2 is 1.61 bits per heavy atom. The van der Waals surface area contributed by atoms with E-state index in [0.29, 0.717) is 6.54 Å². The fourth-order valence-electron chi connectivity index (χ4n) is 2.65. The molecule has 0 radical (unpaired) electrons. The van der Waals surface area contributed by atoms with E-state index in [1.807, 2.05) is 12.1 Å². The third kappa shape index (κ3) is 1.41. The third-order valence-electron chi connectivity index (χ3n) is 3.63. The molecule has 0 spiro atoms. The number of nitrogen functional groups attached to an aromatic ring is 2. The van der Waals surface area contributed by atoms with Crippen molar-refractivity contribution in [3.05, 3.63) is 35.9 Å². The van der Waals surface area contributed by atoms with E-state index in [1.165, 1.54) is 16.7 Å². The zero-order valence-electron chi connectivity index (χ0n) is 10.2. The zero-order chi connectivity index (χ0) is 12.7. The molecule has 3 rings (SSSR count). The van der Waals surface area contributed by atoms with Gasteiger partial charge in [0.05, 0.1) is 11.4 Å². The van der Waals surface area contributed by atoms with E-state index >= 15 is 0 Å². The first-order valence-electron chi connectivity index (χ1n) is 6.24. The summed E-state index contributed by atoms with van der Waals surface area (Å²) in [5.74, 6) is 0. The Morgan fingerprint density at radius 3 is 2.33 bits per heavy atom. The topological polar surface area (TPSA) is 78.1 Å². The number of hydrogen-bond acceptors (Lipinski definition) is 3. The van der Waals surface area contributed by atoms with Crippen LogP contribution in [-0.4, -0.2) is 6.54 Å². The van der Waals surface area contributed by atoms with Crippen molar-refractivity contribution >= 4 is 11.4 Å². The average molecular weight is 239 g/mol. The summed E-state index contributed by atoms with van der Waals surface area (Å²) in [6.45, 7) is 0.674. The van der Waals surface area contributed by atoms with Gasteiger partial charge in [-0.05, 0) is 47.7 Å². The number of aryl methyl sites for hydroxylation is 1. The highest BCUT2D eigenvalue weighted by molar-refractivity contribution is 6.10. The van der Waals surface area contributed by atoms with Crippen LogP contribution in [0.5, 0.6) is 0 Å². The van der Waals surface area contributed by atoms with E-state index in [0.717, 1.165) is 35.3 Å². The minimum Gasteiger partial charge on any atom is -0.397 e. The quantitative estimate of drug-likeness (QED) is 0.614. The SMILES string of the molecule is NCCCc1cc2c(c(N)c1N)-c1ccccc1-2. The summed E-state index contributed by atoms with van der Waals surface area (Å²) in [7, 11) is 0. The Hall–Kier alpha value is -2.00. The van der Waals surface area contributed by atoms with Crippen LogP contribution in [0.15, 0.2) is 30.3 Å². The fraction of sp³-hybridized carbons (Fsp3) is 0.200. The van der Waals surface area contributed by atoms with Gasteiger partial charge in [0.25, 0.3) is 0 Å². The molecule has 0 unspecified atom stereocenters. The van der Waals surface area contributed by atoms with Gasteiger partial charge in [0.2, 0.25) is 0 Å². The van der Waals surface area contributed by atoms with Crippen molar-refractivity contribution in [1.29, 1.82) is 0 Å². The van der Waals surface area contributed by atoms with Crippen molar-refractivity contribution in [2.75, 3.05) is 18.0 Å². The minimum absolute atomic E-state index is 0.674. The van der Waals surface area contributed by atoms with Gasteiger partial charge in [0, 0.05) is 5.56 Å². The minimum atomic E-state index is 0.674. The standard InChI is InChI=1S/C15H17N3/c16-7-3-4-9-8-12-10-5-1-2-6-11(10)13(12)15(18)14(9)17/h1-2,5-6,8H,3-4,7,16-18H2. The van der Waals surface area contributed by atoms with Crippen LogP contribution in [0.25, 0.3) is 22.3 Å². The number of fused-ring (bicyclic) bond motifs is 4. The van der Waals surface area contributed by atoms with Crippen molar-refractivity contribution in [2.45, 2.75) is 12.8 Å². The second kappa shape index (κ2) is 4.03. The Balaban J connectivity index is 2.10. The van der Waals surface area contributed by atoms with E-state index < -0.39 is 0 Å². The summed E-state index contributed by atoms with van der Waals surface area (Å²) in [5.41, 5.74) is 25.2. The summed E-state index contributed by atoms with van der Waals surface area (Å²) >= 11 is 0. The molecule has 0 atom stereocenters. The molecule has 92 valence electrons. The number of nitrogens with two attached hydrogens (primary N) is 3. The molecule has 3 heteroatoms. The maximum Gasteiger partial charge on any atom is 0.0636 e. The maximum absolute atomic E-state index is 6.17. The smallest absolute Gasteiger partial charge is 0.0636 e. The molecule has 0 heterocycles. The van der Waals surface area contributed by atoms with Crippen LogP contribution in [0, 0.1) is 0 Å². The second-order valence-corrected chi connectivity index (χ2v) is 4.72. The van der Waals surface area contributed by atoms with Gasteiger partial charge in [0.15, 0.2) is 0 Å². The predicted octanol–water partition coefficient (Wildman–Crippen LogP) is 2.39. The van der Waals surface area contributed by atoms with Gasteiger partial charge < -0.3 is 17.2 Å². The fourth-order valence-corrected chi connectivity index (χ4v) is 2.65. The normalized spacial score (nSPS) is 11.6. The van der Waals surface area contributed by atoms with Crippen LogP contribution >= 0.6 is 0 Å². The molecule has 0 bridgehead atoms. The summed E-state index contributed by atoms with van der Waals surface area (Å²) in [5, 5.41) is 0. The molecule has 0 fully saturated rings. The molecule has 0 amide bonds. The van der Waals surface area contributed by atoms with Gasteiger partial charge in [-0.3, -0.25) is 0 Å². The van der Waals surface area contributed by atoms with Crippen LogP contribution in [0.1, 0.15) is 12.0 Å². The lowest BCUT2D eigenvalue weighted by Crippen LogP contribution is -2.10. The van der Waals surface area contributed by atoms with Crippen molar-refractivity contribution in [3.63, 3.8) is 0 Å². The van der Waals surface area contributed by atoms with E-state index in [9.17, 15) is 0 Å². The van der Waals surface area contributed by atoms with E-state index in [1.54, 1.807) is 0 Å². The molecule has 2 aromatic rings. The molecule has 0 saturated heterocycles. The molecule has 3 nitrogen and oxygen atoms in total. The molecule has 2 aromatic carbocycles. The Labute approximate surface area is 107 Å². The van der Waals surface area contributed by atoms with Gasteiger partial charge in [-0.2, -0.15) is 0 Å². The lowest BCUT2D eigenvalue weighted by atomic mass is 9.78. The number of anilines is 2. The van der Waals surface area contributed by atoms with E-state index in [4.69, 9.17) is 17.2 Å². The highest BCUT2D eigenvalue weighted by Crippen LogP contribution is 2.52. The predicted molar refractivity (Wildman–Crippen MR) is 77.1 cm³/mol. The Bertz CT molecular complexity index is 617. The van der Waals surface area contributed by atoms with Crippen LogP contribution in [-0.2, 0) is 6.42 Å². The van der Waals surface area contributed by atoms with Crippen molar-refractivity contribution < 1.29 is 0 Å². The van der Waals surface area contributed by atoms with Gasteiger partial charge in [-0.1, -0.05) is 24.3 Å². The number of hydrogen-bond donors (Lipinski definition) is 3. The molecule has 0 saturated carbocycles. The lowest BCUT2D eigenvalue weighted by molar-refractivity contribution is 0.834. The summed E-state index contributed by atoms with van der Waals surface area (Å²) in [6.07, 6.45) is 1.83. The van der Waals surface area contributed by atoms with Crippen LogP contribution in [0.4, 0.5) is 11.4 Å². The Kier molecular flexibility index (Phi) is 2.49.